The van der Waals surface area contributed by atoms with Crippen molar-refractivity contribution in [1.29, 1.82) is 0 Å². The van der Waals surface area contributed by atoms with Crippen molar-refractivity contribution in [2.24, 2.45) is 0 Å². The first-order valence-electron chi connectivity index (χ1n) is 3.54. The number of alkyl halides is 1. The van der Waals surface area contributed by atoms with Gasteiger partial charge in [0.05, 0.1) is 0 Å². The maximum Gasteiger partial charge on any atom is 0.128 e. The van der Waals surface area contributed by atoms with Crippen LogP contribution in [0.3, 0.4) is 0 Å². The van der Waals surface area contributed by atoms with E-state index in [1.54, 1.807) is 0 Å². The minimum atomic E-state index is 0.0306. The topological polar surface area (TPSA) is 17.1 Å². The maximum atomic E-state index is 10.6. The monoisotopic (exact) mass is 338 g/mol. The van der Waals surface area contributed by atoms with E-state index in [2.05, 4.69) is 38.5 Å². The Balaban J connectivity index is 2.93. The molecule has 0 aliphatic heterocycles. The summed E-state index contributed by atoms with van der Waals surface area (Å²) < 4.78 is 1.86. The molecule has 0 saturated carbocycles. The zero-order chi connectivity index (χ0) is 8.97. The highest BCUT2D eigenvalue weighted by atomic mass is 127. The summed E-state index contributed by atoms with van der Waals surface area (Å²) >= 11 is 5.59. The van der Waals surface area contributed by atoms with Crippen LogP contribution in [0, 0.1) is 0 Å². The van der Waals surface area contributed by atoms with Gasteiger partial charge in [-0.2, -0.15) is 0 Å². The molecule has 3 heteroatoms. The van der Waals surface area contributed by atoms with E-state index in [9.17, 15) is 4.79 Å². The summed E-state index contributed by atoms with van der Waals surface area (Å²) in [6, 6.07) is 7.86. The van der Waals surface area contributed by atoms with Gasteiger partial charge in [-0.25, -0.2) is 0 Å². The molecule has 0 aliphatic carbocycles. The highest BCUT2D eigenvalue weighted by Crippen LogP contribution is 2.20. The summed E-state index contributed by atoms with van der Waals surface area (Å²) in [4.78, 5) is 10.6. The van der Waals surface area contributed by atoms with Crippen molar-refractivity contribution in [3.05, 3.63) is 34.3 Å². The lowest BCUT2D eigenvalue weighted by Crippen LogP contribution is -2.00. The molecule has 0 radical (unpaired) electrons. The normalized spacial score (nSPS) is 12.5. The fourth-order valence-corrected chi connectivity index (χ4v) is 2.07. The van der Waals surface area contributed by atoms with Crippen LogP contribution < -0.4 is 0 Å². The first kappa shape index (κ1) is 10.2. The Labute approximate surface area is 93.8 Å². The van der Waals surface area contributed by atoms with Crippen LogP contribution in [-0.2, 0) is 4.79 Å². The second-order valence-electron chi connectivity index (χ2n) is 2.45. The molecule has 1 aromatic rings. The van der Waals surface area contributed by atoms with E-state index in [1.807, 2.05) is 24.3 Å². The molecular weight excluding hydrogens is 331 g/mol. The van der Waals surface area contributed by atoms with Gasteiger partial charge in [0.2, 0.25) is 0 Å². The predicted molar refractivity (Wildman–Crippen MR) is 61.8 cm³/mol. The zero-order valence-corrected chi connectivity index (χ0v) is 10.1. The number of hydrogen-bond acceptors (Lipinski definition) is 1. The molecular formula is C9H8BrIO. The fourth-order valence-electron chi connectivity index (χ4n) is 0.941. The van der Waals surface area contributed by atoms with Gasteiger partial charge in [0.15, 0.2) is 0 Å². The molecule has 1 nitrogen and oxygen atoms in total. The SMILES string of the molecule is O=CC(CI)c1cccc(Br)c1. The lowest BCUT2D eigenvalue weighted by Gasteiger charge is -2.06. The fraction of sp³-hybridized carbons (Fsp3) is 0.222. The molecule has 0 heterocycles. The molecule has 0 N–H and O–H groups in total. The third-order valence-electron chi connectivity index (χ3n) is 1.61. The number of halogens is 2. The van der Waals surface area contributed by atoms with Gasteiger partial charge in [0.25, 0.3) is 0 Å². The molecule has 0 aromatic heterocycles. The third kappa shape index (κ3) is 2.55. The van der Waals surface area contributed by atoms with Crippen LogP contribution >= 0.6 is 38.5 Å². The molecule has 1 atom stereocenters. The van der Waals surface area contributed by atoms with Crippen molar-refractivity contribution < 1.29 is 4.79 Å². The van der Waals surface area contributed by atoms with E-state index in [1.165, 1.54) is 0 Å². The molecule has 0 amide bonds. The van der Waals surface area contributed by atoms with Gasteiger partial charge >= 0.3 is 0 Å². The summed E-state index contributed by atoms with van der Waals surface area (Å²) in [5, 5.41) is 0. The average Bonchev–Trinajstić information content (AvgIpc) is 2.07. The van der Waals surface area contributed by atoms with Gasteiger partial charge in [-0.3, -0.25) is 0 Å². The minimum absolute atomic E-state index is 0.0306. The number of benzene rings is 1. The number of carbonyl (C=O) groups is 1. The molecule has 0 fully saturated rings. The first-order chi connectivity index (χ1) is 5.77. The van der Waals surface area contributed by atoms with Gasteiger partial charge in [-0.05, 0) is 17.7 Å². The van der Waals surface area contributed by atoms with Gasteiger partial charge in [-0.15, -0.1) is 0 Å². The maximum absolute atomic E-state index is 10.6. The first-order valence-corrected chi connectivity index (χ1v) is 5.86. The minimum Gasteiger partial charge on any atom is -0.303 e. The Morgan fingerprint density at radius 1 is 1.58 bits per heavy atom. The van der Waals surface area contributed by atoms with E-state index in [4.69, 9.17) is 0 Å². The van der Waals surface area contributed by atoms with Crippen molar-refractivity contribution in [3.63, 3.8) is 0 Å². The Hall–Kier alpha value is 0.1000. The van der Waals surface area contributed by atoms with Gasteiger partial charge in [0.1, 0.15) is 6.29 Å². The molecule has 1 unspecified atom stereocenters. The summed E-state index contributed by atoms with van der Waals surface area (Å²) in [6.45, 7) is 0. The highest BCUT2D eigenvalue weighted by molar-refractivity contribution is 14.1. The van der Waals surface area contributed by atoms with Crippen molar-refractivity contribution >= 4 is 44.8 Å². The Bertz CT molecular complexity index is 275. The van der Waals surface area contributed by atoms with Crippen LogP contribution in [0.1, 0.15) is 11.5 Å². The van der Waals surface area contributed by atoms with Crippen LogP contribution in [0.5, 0.6) is 0 Å². The van der Waals surface area contributed by atoms with Gasteiger partial charge in [0, 0.05) is 14.8 Å². The summed E-state index contributed by atoms with van der Waals surface area (Å²) in [5.41, 5.74) is 1.08. The van der Waals surface area contributed by atoms with Crippen molar-refractivity contribution in [2.75, 3.05) is 4.43 Å². The third-order valence-corrected chi connectivity index (χ3v) is 3.05. The van der Waals surface area contributed by atoms with Crippen molar-refractivity contribution in [1.82, 2.24) is 0 Å². The smallest absolute Gasteiger partial charge is 0.128 e. The van der Waals surface area contributed by atoms with Crippen molar-refractivity contribution in [2.45, 2.75) is 5.92 Å². The molecule has 0 saturated heterocycles. The van der Waals surface area contributed by atoms with E-state index in [-0.39, 0.29) is 5.92 Å². The molecule has 64 valence electrons. The predicted octanol–water partition coefficient (Wildman–Crippen LogP) is 3.17. The van der Waals surface area contributed by atoms with Crippen LogP contribution in [0.15, 0.2) is 28.7 Å². The molecule has 12 heavy (non-hydrogen) atoms. The molecule has 1 rings (SSSR count). The Morgan fingerprint density at radius 2 is 2.33 bits per heavy atom. The molecule has 0 aliphatic rings. The van der Waals surface area contributed by atoms with E-state index >= 15 is 0 Å². The number of aldehydes is 1. The quantitative estimate of drug-likeness (QED) is 0.470. The van der Waals surface area contributed by atoms with Gasteiger partial charge < -0.3 is 4.79 Å². The highest BCUT2D eigenvalue weighted by Gasteiger charge is 2.07. The number of hydrogen-bond donors (Lipinski definition) is 0. The molecule has 1 aromatic carbocycles. The second kappa shape index (κ2) is 4.97. The van der Waals surface area contributed by atoms with Crippen molar-refractivity contribution in [3.8, 4) is 0 Å². The summed E-state index contributed by atoms with van der Waals surface area (Å²) in [5.74, 6) is 0.0306. The second-order valence-corrected chi connectivity index (χ2v) is 4.25. The van der Waals surface area contributed by atoms with Crippen LogP contribution in [-0.4, -0.2) is 10.7 Å². The Morgan fingerprint density at radius 3 is 2.83 bits per heavy atom. The standard InChI is InChI=1S/C9H8BrIO/c10-9-3-1-2-7(4-9)8(5-11)6-12/h1-4,6,8H,5H2. The molecule has 0 spiro atoms. The van der Waals surface area contributed by atoms with Crippen LogP contribution in [0.4, 0.5) is 0 Å². The van der Waals surface area contributed by atoms with Crippen LogP contribution in [0.2, 0.25) is 0 Å². The van der Waals surface area contributed by atoms with Gasteiger partial charge in [-0.1, -0.05) is 50.7 Å². The summed E-state index contributed by atoms with van der Waals surface area (Å²) in [6.07, 6.45) is 0.994. The number of rotatable bonds is 3. The van der Waals surface area contributed by atoms with E-state index in [0.717, 1.165) is 20.7 Å². The lowest BCUT2D eigenvalue weighted by atomic mass is 10.0. The Kier molecular flexibility index (Phi) is 4.21. The number of carbonyl (C=O) groups excluding carboxylic acids is 1. The average molecular weight is 339 g/mol. The molecule has 0 bridgehead atoms. The largest absolute Gasteiger partial charge is 0.303 e. The zero-order valence-electron chi connectivity index (χ0n) is 6.34. The summed E-state index contributed by atoms with van der Waals surface area (Å²) in [7, 11) is 0. The van der Waals surface area contributed by atoms with Crippen LogP contribution in [0.25, 0.3) is 0 Å². The van der Waals surface area contributed by atoms with E-state index in [0.29, 0.717) is 0 Å². The van der Waals surface area contributed by atoms with E-state index < -0.39 is 0 Å². The lowest BCUT2D eigenvalue weighted by molar-refractivity contribution is -0.108.